The molecule has 7 heteroatoms. The largest absolute Gasteiger partial charge is 0.328 e. The minimum atomic E-state index is -0.542. The van der Waals surface area contributed by atoms with Crippen molar-refractivity contribution in [2.24, 2.45) is 0 Å². The molecule has 0 atom stereocenters. The molecule has 2 heterocycles. The summed E-state index contributed by atoms with van der Waals surface area (Å²) in [4.78, 5) is 40.0. The predicted molar refractivity (Wildman–Crippen MR) is 65.4 cm³/mol. The van der Waals surface area contributed by atoms with E-state index in [9.17, 15) is 14.4 Å². The van der Waals surface area contributed by atoms with Gasteiger partial charge < -0.3 is 4.98 Å². The predicted octanol–water partition coefficient (Wildman–Crippen LogP) is -1.41. The number of pyridine rings is 1. The molecule has 2 rings (SSSR count). The van der Waals surface area contributed by atoms with E-state index in [0.717, 1.165) is 4.57 Å². The summed E-state index contributed by atoms with van der Waals surface area (Å²) in [5, 5.41) is 0. The fraction of sp³-hybridized carbons (Fsp3) is 0.0909. The molecule has 0 unspecified atom stereocenters. The highest BCUT2D eigenvalue weighted by molar-refractivity contribution is 6.32. The highest BCUT2D eigenvalue weighted by atomic mass is 16.2. The normalized spacial score (nSPS) is 10.2. The SMILES string of the molecule is [B]c1cc(C=O)nc(Cn2c(=O)cc[nH]c2=O)c1. The van der Waals surface area contributed by atoms with Gasteiger partial charge in [-0.05, 0) is 12.1 Å². The summed E-state index contributed by atoms with van der Waals surface area (Å²) in [5.74, 6) is 0. The van der Waals surface area contributed by atoms with Crippen LogP contribution in [0.2, 0.25) is 0 Å². The molecule has 0 saturated heterocycles. The first-order valence-electron chi connectivity index (χ1n) is 5.10. The molecule has 0 amide bonds. The van der Waals surface area contributed by atoms with E-state index in [-0.39, 0.29) is 12.2 Å². The number of aldehydes is 1. The Morgan fingerprint density at radius 1 is 1.39 bits per heavy atom. The molecule has 18 heavy (non-hydrogen) atoms. The lowest BCUT2D eigenvalue weighted by Gasteiger charge is -2.05. The third kappa shape index (κ3) is 2.45. The highest BCUT2D eigenvalue weighted by Gasteiger charge is 2.04. The summed E-state index contributed by atoms with van der Waals surface area (Å²) in [7, 11) is 5.59. The van der Waals surface area contributed by atoms with Crippen molar-refractivity contribution in [1.82, 2.24) is 14.5 Å². The van der Waals surface area contributed by atoms with Crippen molar-refractivity contribution in [2.75, 3.05) is 0 Å². The maximum Gasteiger partial charge on any atom is 0.328 e. The third-order valence-corrected chi connectivity index (χ3v) is 2.31. The van der Waals surface area contributed by atoms with E-state index in [1.165, 1.54) is 24.4 Å². The van der Waals surface area contributed by atoms with Crippen molar-refractivity contribution in [3.05, 3.63) is 56.6 Å². The summed E-state index contributed by atoms with van der Waals surface area (Å²) < 4.78 is 0.969. The van der Waals surface area contributed by atoms with Crippen molar-refractivity contribution >= 4 is 19.6 Å². The molecule has 0 aliphatic rings. The molecular formula is C11H8BN3O3. The Balaban J connectivity index is 2.46. The standard InChI is InChI=1S/C11H8BN3O3/c12-7-3-8(14-9(4-7)6-16)5-15-10(17)1-2-13-11(15)18/h1-4,6H,5H2,(H,13,18). The van der Waals surface area contributed by atoms with Gasteiger partial charge in [0.2, 0.25) is 0 Å². The van der Waals surface area contributed by atoms with E-state index < -0.39 is 11.2 Å². The number of hydrogen-bond acceptors (Lipinski definition) is 4. The van der Waals surface area contributed by atoms with Crippen LogP contribution in [0, 0.1) is 0 Å². The summed E-state index contributed by atoms with van der Waals surface area (Å²) in [6, 6.07) is 4.15. The van der Waals surface area contributed by atoms with Crippen LogP contribution in [-0.4, -0.2) is 28.7 Å². The van der Waals surface area contributed by atoms with E-state index in [2.05, 4.69) is 9.97 Å². The van der Waals surface area contributed by atoms with Gasteiger partial charge in [-0.1, -0.05) is 5.46 Å². The minimum absolute atomic E-state index is 0.0408. The molecule has 0 saturated carbocycles. The molecule has 0 aromatic carbocycles. The summed E-state index contributed by atoms with van der Waals surface area (Å²) in [5.41, 5.74) is -0.112. The first-order chi connectivity index (χ1) is 8.60. The van der Waals surface area contributed by atoms with Crippen LogP contribution in [0.1, 0.15) is 16.2 Å². The van der Waals surface area contributed by atoms with Crippen LogP contribution in [0.15, 0.2) is 34.0 Å². The number of H-pyrrole nitrogens is 1. The maximum atomic E-state index is 11.5. The van der Waals surface area contributed by atoms with Crippen LogP contribution in [-0.2, 0) is 6.54 Å². The second-order valence-electron chi connectivity index (χ2n) is 3.64. The second kappa shape index (κ2) is 4.83. The quantitative estimate of drug-likeness (QED) is 0.528. The van der Waals surface area contributed by atoms with Crippen LogP contribution >= 0.6 is 0 Å². The lowest BCUT2D eigenvalue weighted by molar-refractivity contribution is 0.111. The van der Waals surface area contributed by atoms with E-state index in [1.807, 2.05) is 0 Å². The smallest absolute Gasteiger partial charge is 0.314 e. The van der Waals surface area contributed by atoms with Crippen LogP contribution in [0.25, 0.3) is 0 Å². The molecule has 0 aliphatic carbocycles. The zero-order chi connectivity index (χ0) is 13.1. The average molecular weight is 241 g/mol. The van der Waals surface area contributed by atoms with Gasteiger partial charge in [0, 0.05) is 12.3 Å². The maximum absolute atomic E-state index is 11.5. The topological polar surface area (TPSA) is 84.8 Å². The molecule has 0 bridgehead atoms. The van der Waals surface area contributed by atoms with Crippen molar-refractivity contribution in [3.63, 3.8) is 0 Å². The lowest BCUT2D eigenvalue weighted by atomic mass is 9.96. The van der Waals surface area contributed by atoms with Crippen molar-refractivity contribution in [1.29, 1.82) is 0 Å². The van der Waals surface area contributed by atoms with Crippen LogP contribution in [0.4, 0.5) is 0 Å². The number of carbonyl (C=O) groups excluding carboxylic acids is 1. The number of rotatable bonds is 3. The number of hydrogen-bond donors (Lipinski definition) is 1. The molecule has 2 aromatic heterocycles. The molecular weight excluding hydrogens is 233 g/mol. The number of carbonyl (C=O) groups is 1. The number of nitrogens with zero attached hydrogens (tertiary/aromatic N) is 2. The molecule has 2 aromatic rings. The van der Waals surface area contributed by atoms with Crippen molar-refractivity contribution < 1.29 is 4.79 Å². The Morgan fingerprint density at radius 2 is 2.17 bits per heavy atom. The van der Waals surface area contributed by atoms with E-state index in [0.29, 0.717) is 17.4 Å². The van der Waals surface area contributed by atoms with Gasteiger partial charge in [0.1, 0.15) is 13.5 Å². The molecule has 0 aliphatic heterocycles. The highest BCUT2D eigenvalue weighted by Crippen LogP contribution is 1.95. The Hall–Kier alpha value is -2.44. The van der Waals surface area contributed by atoms with E-state index in [4.69, 9.17) is 7.85 Å². The van der Waals surface area contributed by atoms with Gasteiger partial charge in [0.15, 0.2) is 6.29 Å². The van der Waals surface area contributed by atoms with Gasteiger partial charge in [-0.15, -0.1) is 0 Å². The van der Waals surface area contributed by atoms with Crippen molar-refractivity contribution in [2.45, 2.75) is 6.54 Å². The lowest BCUT2D eigenvalue weighted by Crippen LogP contribution is -2.34. The fourth-order valence-corrected chi connectivity index (χ4v) is 1.54. The number of aromatic amines is 1. The van der Waals surface area contributed by atoms with Gasteiger partial charge in [-0.3, -0.25) is 14.2 Å². The van der Waals surface area contributed by atoms with Gasteiger partial charge in [-0.25, -0.2) is 9.78 Å². The second-order valence-corrected chi connectivity index (χ2v) is 3.64. The van der Waals surface area contributed by atoms with E-state index in [1.54, 1.807) is 0 Å². The minimum Gasteiger partial charge on any atom is -0.314 e. The van der Waals surface area contributed by atoms with Crippen molar-refractivity contribution in [3.8, 4) is 0 Å². The summed E-state index contributed by atoms with van der Waals surface area (Å²) in [6.45, 7) is -0.0408. The van der Waals surface area contributed by atoms with Crippen LogP contribution in [0.3, 0.4) is 0 Å². The zero-order valence-electron chi connectivity index (χ0n) is 9.29. The van der Waals surface area contributed by atoms with Gasteiger partial charge in [-0.2, -0.15) is 0 Å². The third-order valence-electron chi connectivity index (χ3n) is 2.31. The molecule has 88 valence electrons. The molecule has 0 spiro atoms. The molecule has 1 N–H and O–H groups in total. The fourth-order valence-electron chi connectivity index (χ4n) is 1.54. The molecule has 6 nitrogen and oxygen atoms in total. The molecule has 2 radical (unpaired) electrons. The van der Waals surface area contributed by atoms with E-state index >= 15 is 0 Å². The number of nitrogens with one attached hydrogen (secondary N) is 1. The molecule has 0 fully saturated rings. The summed E-state index contributed by atoms with van der Waals surface area (Å²) >= 11 is 0. The Bertz CT molecular complexity index is 677. The Kier molecular flexibility index (Phi) is 3.23. The van der Waals surface area contributed by atoms with Gasteiger partial charge >= 0.3 is 5.69 Å². The Morgan fingerprint density at radius 3 is 2.83 bits per heavy atom. The monoisotopic (exact) mass is 241 g/mol. The average Bonchev–Trinajstić information content (AvgIpc) is 2.33. The summed E-state index contributed by atoms with van der Waals surface area (Å²) in [6.07, 6.45) is 1.82. The number of aromatic nitrogens is 3. The zero-order valence-corrected chi connectivity index (χ0v) is 9.29. The van der Waals surface area contributed by atoms with Crippen LogP contribution < -0.4 is 16.7 Å². The first-order valence-corrected chi connectivity index (χ1v) is 5.10. The first kappa shape index (κ1) is 12.0. The Labute approximate surface area is 103 Å². The van der Waals surface area contributed by atoms with Gasteiger partial charge in [0.05, 0.1) is 12.2 Å². The van der Waals surface area contributed by atoms with Gasteiger partial charge in [0.25, 0.3) is 5.56 Å². The van der Waals surface area contributed by atoms with Crippen LogP contribution in [0.5, 0.6) is 0 Å².